The monoisotopic (exact) mass is 323 g/mol. The van der Waals surface area contributed by atoms with Gasteiger partial charge in [-0.2, -0.15) is 0 Å². The number of nitrogens with zero attached hydrogens (tertiary/aromatic N) is 2. The lowest BCUT2D eigenvalue weighted by Gasteiger charge is -2.57. The predicted molar refractivity (Wildman–Crippen MR) is 87.5 cm³/mol. The first-order valence-electron chi connectivity index (χ1n) is 8.58. The lowest BCUT2D eigenvalue weighted by molar-refractivity contribution is -0.131. The molecule has 0 unspecified atom stereocenters. The molecule has 5 heteroatoms. The standard InChI is InChI=1S/C17H25N3O.ClH/c1-18-15-3-2-4-20(15)16(21)11-19-17-8-12-5-13(9-17)7-14(6-12)10-17;/h12-15,19H,2-11H2;1H/t12?,13?,14?,15-,17?;/m0./s1. The van der Waals surface area contributed by atoms with Gasteiger partial charge in [-0.05, 0) is 62.7 Å². The average molecular weight is 324 g/mol. The lowest BCUT2D eigenvalue weighted by atomic mass is 9.53. The molecule has 22 heavy (non-hydrogen) atoms. The summed E-state index contributed by atoms with van der Waals surface area (Å²) in [5, 5.41) is 3.65. The maximum absolute atomic E-state index is 12.4. The largest absolute Gasteiger partial charge is 0.303 e. The van der Waals surface area contributed by atoms with Crippen molar-refractivity contribution in [2.45, 2.75) is 63.1 Å². The van der Waals surface area contributed by atoms with Crippen molar-refractivity contribution in [3.05, 3.63) is 11.4 Å². The fraction of sp³-hybridized carbons (Fsp3) is 0.882. The number of likely N-dealkylation sites (tertiary alicyclic amines) is 1. The van der Waals surface area contributed by atoms with Crippen LogP contribution in [0.1, 0.15) is 51.4 Å². The molecule has 4 nitrogen and oxygen atoms in total. The molecule has 0 aromatic rings. The van der Waals surface area contributed by atoms with Gasteiger partial charge in [0, 0.05) is 18.5 Å². The Balaban J connectivity index is 0.00000144. The van der Waals surface area contributed by atoms with Crippen LogP contribution in [0.3, 0.4) is 0 Å². The van der Waals surface area contributed by atoms with E-state index in [-0.39, 0.29) is 30.0 Å². The summed E-state index contributed by atoms with van der Waals surface area (Å²) in [7, 11) is 0. The Morgan fingerprint density at radius 3 is 2.32 bits per heavy atom. The molecule has 1 heterocycles. The summed E-state index contributed by atoms with van der Waals surface area (Å²) in [6.07, 6.45) is 9.76. The summed E-state index contributed by atoms with van der Waals surface area (Å²) in [5.41, 5.74) is 0.248. The molecule has 1 N–H and O–H groups in total. The summed E-state index contributed by atoms with van der Waals surface area (Å²) >= 11 is 0. The van der Waals surface area contributed by atoms with E-state index in [4.69, 9.17) is 6.57 Å². The van der Waals surface area contributed by atoms with Crippen LogP contribution in [0.25, 0.3) is 4.85 Å². The van der Waals surface area contributed by atoms with Gasteiger partial charge in [0.1, 0.15) is 0 Å². The molecule has 1 aliphatic heterocycles. The van der Waals surface area contributed by atoms with Gasteiger partial charge in [0.05, 0.1) is 6.54 Å². The summed E-state index contributed by atoms with van der Waals surface area (Å²) in [6.45, 7) is 8.42. The quantitative estimate of drug-likeness (QED) is 0.811. The molecule has 4 bridgehead atoms. The van der Waals surface area contributed by atoms with E-state index in [9.17, 15) is 4.79 Å². The van der Waals surface area contributed by atoms with Crippen molar-refractivity contribution in [1.82, 2.24) is 10.2 Å². The fourth-order valence-electron chi connectivity index (χ4n) is 5.87. The first-order valence-corrected chi connectivity index (χ1v) is 8.58. The molecular weight excluding hydrogens is 298 g/mol. The first-order chi connectivity index (χ1) is 10.2. The Morgan fingerprint density at radius 2 is 1.77 bits per heavy atom. The normalized spacial score (nSPS) is 42.0. The zero-order valence-electron chi connectivity index (χ0n) is 13.1. The van der Waals surface area contributed by atoms with Crippen LogP contribution >= 0.6 is 12.4 Å². The Bertz CT molecular complexity index is 452. The number of hydrogen-bond acceptors (Lipinski definition) is 2. The van der Waals surface area contributed by atoms with Gasteiger partial charge in [-0.3, -0.25) is 14.5 Å². The van der Waals surface area contributed by atoms with Crippen molar-refractivity contribution < 1.29 is 4.79 Å². The van der Waals surface area contributed by atoms with Crippen LogP contribution in [0.4, 0.5) is 0 Å². The van der Waals surface area contributed by atoms with Gasteiger partial charge in [0.25, 0.3) is 0 Å². The molecule has 1 amide bonds. The zero-order chi connectivity index (χ0) is 14.4. The van der Waals surface area contributed by atoms with Crippen LogP contribution in [0.15, 0.2) is 0 Å². The van der Waals surface area contributed by atoms with Gasteiger partial charge >= 0.3 is 6.17 Å². The van der Waals surface area contributed by atoms with E-state index in [0.717, 1.165) is 37.1 Å². The third kappa shape index (κ3) is 2.74. The Hall–Kier alpha value is -0.790. The predicted octanol–water partition coefficient (Wildman–Crippen LogP) is 2.83. The van der Waals surface area contributed by atoms with Gasteiger partial charge in [-0.1, -0.05) is 0 Å². The molecule has 5 rings (SSSR count). The smallest absolute Gasteiger partial charge is 0.300 e. The van der Waals surface area contributed by atoms with Crippen LogP contribution in [0.5, 0.6) is 0 Å². The van der Waals surface area contributed by atoms with Crippen molar-refractivity contribution in [3.8, 4) is 0 Å². The van der Waals surface area contributed by atoms with E-state index >= 15 is 0 Å². The minimum atomic E-state index is -0.198. The van der Waals surface area contributed by atoms with E-state index in [1.54, 1.807) is 4.90 Å². The third-order valence-electron chi connectivity index (χ3n) is 6.34. The summed E-state index contributed by atoms with van der Waals surface area (Å²) in [6, 6.07) is 0. The van der Waals surface area contributed by atoms with E-state index in [1.165, 1.54) is 38.5 Å². The summed E-state index contributed by atoms with van der Waals surface area (Å²) in [4.78, 5) is 17.8. The number of rotatable bonds is 3. The lowest BCUT2D eigenvalue weighted by Crippen LogP contribution is -2.60. The van der Waals surface area contributed by atoms with Crippen LogP contribution in [-0.2, 0) is 4.79 Å². The Morgan fingerprint density at radius 1 is 1.18 bits per heavy atom. The van der Waals surface area contributed by atoms with E-state index in [0.29, 0.717) is 6.54 Å². The highest BCUT2D eigenvalue weighted by atomic mass is 35.5. The summed E-state index contributed by atoms with van der Waals surface area (Å²) < 4.78 is 0. The summed E-state index contributed by atoms with van der Waals surface area (Å²) in [5.74, 6) is 2.86. The molecule has 0 spiro atoms. The molecule has 1 saturated heterocycles. The van der Waals surface area contributed by atoms with Gasteiger partial charge in [-0.15, -0.1) is 12.4 Å². The molecule has 5 aliphatic rings. The van der Waals surface area contributed by atoms with E-state index in [2.05, 4.69) is 10.2 Å². The highest BCUT2D eigenvalue weighted by Crippen LogP contribution is 2.55. The average Bonchev–Trinajstić information content (AvgIpc) is 2.92. The first kappa shape index (κ1) is 16.1. The minimum Gasteiger partial charge on any atom is -0.303 e. The topological polar surface area (TPSA) is 36.7 Å². The van der Waals surface area contributed by atoms with Crippen molar-refractivity contribution in [2.75, 3.05) is 13.1 Å². The molecule has 0 aromatic heterocycles. The van der Waals surface area contributed by atoms with Crippen LogP contribution < -0.4 is 5.32 Å². The zero-order valence-corrected chi connectivity index (χ0v) is 13.9. The second-order valence-electron chi connectivity index (χ2n) is 7.89. The number of nitrogens with one attached hydrogen (secondary N) is 1. The highest BCUT2D eigenvalue weighted by molar-refractivity contribution is 5.85. The van der Waals surface area contributed by atoms with Crippen molar-refractivity contribution in [2.24, 2.45) is 17.8 Å². The van der Waals surface area contributed by atoms with Crippen molar-refractivity contribution >= 4 is 18.3 Å². The van der Waals surface area contributed by atoms with Gasteiger partial charge < -0.3 is 5.32 Å². The minimum absolute atomic E-state index is 0. The second kappa shape index (κ2) is 6.02. The maximum Gasteiger partial charge on any atom is 0.300 e. The van der Waals surface area contributed by atoms with Crippen LogP contribution in [0, 0.1) is 24.3 Å². The fourth-order valence-corrected chi connectivity index (χ4v) is 5.87. The van der Waals surface area contributed by atoms with Crippen molar-refractivity contribution in [3.63, 3.8) is 0 Å². The van der Waals surface area contributed by atoms with E-state index in [1.807, 2.05) is 0 Å². The van der Waals surface area contributed by atoms with Gasteiger partial charge in [0.2, 0.25) is 5.91 Å². The molecule has 0 radical (unpaired) electrons. The van der Waals surface area contributed by atoms with Gasteiger partial charge in [0.15, 0.2) is 0 Å². The molecule has 4 saturated carbocycles. The number of amides is 1. The van der Waals surface area contributed by atoms with Gasteiger partial charge in [-0.25, -0.2) is 6.57 Å². The number of carbonyl (C=O) groups is 1. The number of hydrogen-bond donors (Lipinski definition) is 1. The van der Waals surface area contributed by atoms with Crippen molar-refractivity contribution in [1.29, 1.82) is 0 Å². The maximum atomic E-state index is 12.4. The van der Waals surface area contributed by atoms with Crippen LogP contribution in [-0.4, -0.2) is 35.6 Å². The second-order valence-corrected chi connectivity index (χ2v) is 7.89. The molecule has 1 atom stereocenters. The molecule has 122 valence electrons. The van der Waals surface area contributed by atoms with Crippen LogP contribution in [0.2, 0.25) is 0 Å². The highest BCUT2D eigenvalue weighted by Gasteiger charge is 2.50. The van der Waals surface area contributed by atoms with E-state index < -0.39 is 0 Å². The molecule has 0 aromatic carbocycles. The third-order valence-corrected chi connectivity index (χ3v) is 6.34. The number of carbonyl (C=O) groups excluding carboxylic acids is 1. The number of halogens is 1. The molecule has 4 aliphatic carbocycles. The molecular formula is C17H26ClN3O. The molecule has 5 fully saturated rings. The Kier molecular flexibility index (Phi) is 4.40. The Labute approximate surface area is 139 Å². The SMILES string of the molecule is Cl.[C-]#[N+][C@@H]1CCCN1C(=O)CNC12CC3CC(CC(C3)C1)C2.